The van der Waals surface area contributed by atoms with Crippen molar-refractivity contribution >= 4 is 11.8 Å². The van der Waals surface area contributed by atoms with Crippen LogP contribution in [0.4, 0.5) is 5.69 Å². The minimum absolute atomic E-state index is 0.763. The normalized spacial score (nSPS) is 13.1. The summed E-state index contributed by atoms with van der Waals surface area (Å²) in [6.07, 6.45) is 1.81. The van der Waals surface area contributed by atoms with Crippen LogP contribution in [0.2, 0.25) is 0 Å². The summed E-state index contributed by atoms with van der Waals surface area (Å²) in [5.41, 5.74) is 9.83. The van der Waals surface area contributed by atoms with Crippen molar-refractivity contribution in [2.75, 3.05) is 12.3 Å². The van der Waals surface area contributed by atoms with Crippen LogP contribution in [-0.4, -0.2) is 16.1 Å². The van der Waals surface area contributed by atoms with E-state index < -0.39 is 0 Å². The van der Waals surface area contributed by atoms with Crippen molar-refractivity contribution in [3.63, 3.8) is 0 Å². The van der Waals surface area contributed by atoms with Crippen molar-refractivity contribution in [2.24, 2.45) is 0 Å². The number of imidazole rings is 1. The molecule has 2 aromatic rings. The van der Waals surface area contributed by atoms with E-state index in [1.807, 2.05) is 44.2 Å². The Bertz CT molecular complexity index is 599. The zero-order valence-electron chi connectivity index (χ0n) is 12.2. The van der Waals surface area contributed by atoms with Crippen molar-refractivity contribution < 1.29 is 0 Å². The first-order valence-corrected chi connectivity index (χ1v) is 7.08. The highest BCUT2D eigenvalue weighted by Crippen LogP contribution is 2.25. The lowest BCUT2D eigenvalue weighted by Gasteiger charge is -2.18. The number of nitrogens with one attached hydrogen (secondary N) is 1. The van der Waals surface area contributed by atoms with Gasteiger partial charge in [0.2, 0.25) is 0 Å². The molecule has 106 valence electrons. The second-order valence-corrected chi connectivity index (χ2v) is 4.43. The Morgan fingerprint density at radius 2 is 2.20 bits per heavy atom. The molecule has 0 atom stereocenters. The first-order valence-electron chi connectivity index (χ1n) is 7.08. The molecule has 1 aromatic carbocycles. The first-order chi connectivity index (χ1) is 9.79. The molecule has 0 amide bonds. The third kappa shape index (κ3) is 2.60. The third-order valence-corrected chi connectivity index (χ3v) is 3.25. The molecule has 0 saturated carbocycles. The van der Waals surface area contributed by atoms with Gasteiger partial charge in [-0.25, -0.2) is 4.98 Å². The SMILES string of the molecule is C=Cc1nc(-c2cccc(N)c2)n2c1CNCC2.CC. The largest absolute Gasteiger partial charge is 0.399 e. The molecule has 0 saturated heterocycles. The minimum atomic E-state index is 0.763. The Kier molecular flexibility index (Phi) is 4.58. The molecule has 0 spiro atoms. The van der Waals surface area contributed by atoms with Crippen LogP contribution in [0.5, 0.6) is 0 Å². The van der Waals surface area contributed by atoms with Gasteiger partial charge in [0.15, 0.2) is 0 Å². The van der Waals surface area contributed by atoms with Gasteiger partial charge in [0.25, 0.3) is 0 Å². The van der Waals surface area contributed by atoms with Gasteiger partial charge < -0.3 is 15.6 Å². The molecule has 0 fully saturated rings. The van der Waals surface area contributed by atoms with Gasteiger partial charge in [-0.3, -0.25) is 0 Å². The molecule has 0 aliphatic carbocycles. The number of hydrogen-bond acceptors (Lipinski definition) is 3. The number of fused-ring (bicyclic) bond motifs is 1. The Balaban J connectivity index is 0.000000704. The molecule has 1 aromatic heterocycles. The Labute approximate surface area is 120 Å². The third-order valence-electron chi connectivity index (χ3n) is 3.25. The molecule has 4 nitrogen and oxygen atoms in total. The first kappa shape index (κ1) is 14.3. The van der Waals surface area contributed by atoms with E-state index in [4.69, 9.17) is 5.73 Å². The lowest BCUT2D eigenvalue weighted by Crippen LogP contribution is -2.28. The van der Waals surface area contributed by atoms with Crippen molar-refractivity contribution in [2.45, 2.75) is 26.9 Å². The monoisotopic (exact) mass is 270 g/mol. The van der Waals surface area contributed by atoms with Crippen LogP contribution in [0.3, 0.4) is 0 Å². The summed E-state index contributed by atoms with van der Waals surface area (Å²) in [4.78, 5) is 4.67. The summed E-state index contributed by atoms with van der Waals surface area (Å²) >= 11 is 0. The smallest absolute Gasteiger partial charge is 0.141 e. The molecule has 0 radical (unpaired) electrons. The van der Waals surface area contributed by atoms with Gasteiger partial charge in [0, 0.05) is 30.9 Å². The van der Waals surface area contributed by atoms with Gasteiger partial charge in [-0.15, -0.1) is 0 Å². The van der Waals surface area contributed by atoms with Gasteiger partial charge in [0.1, 0.15) is 5.82 Å². The summed E-state index contributed by atoms with van der Waals surface area (Å²) in [5, 5.41) is 3.36. The van der Waals surface area contributed by atoms with E-state index in [1.54, 1.807) is 0 Å². The number of hydrogen-bond donors (Lipinski definition) is 2. The highest BCUT2D eigenvalue weighted by Gasteiger charge is 2.18. The van der Waals surface area contributed by atoms with Gasteiger partial charge in [-0.05, 0) is 18.2 Å². The second kappa shape index (κ2) is 6.39. The number of nitrogen functional groups attached to an aromatic ring is 1. The lowest BCUT2D eigenvalue weighted by atomic mass is 10.2. The van der Waals surface area contributed by atoms with Crippen LogP contribution >= 0.6 is 0 Å². The molecular weight excluding hydrogens is 248 g/mol. The van der Waals surface area contributed by atoms with Crippen molar-refractivity contribution in [1.29, 1.82) is 0 Å². The average molecular weight is 270 g/mol. The van der Waals surface area contributed by atoms with Gasteiger partial charge in [0.05, 0.1) is 11.4 Å². The molecule has 0 bridgehead atoms. The molecule has 0 unspecified atom stereocenters. The van der Waals surface area contributed by atoms with E-state index in [2.05, 4.69) is 21.4 Å². The summed E-state index contributed by atoms with van der Waals surface area (Å²) in [7, 11) is 0. The van der Waals surface area contributed by atoms with Crippen LogP contribution in [-0.2, 0) is 13.1 Å². The molecule has 1 aliphatic rings. The summed E-state index contributed by atoms with van der Waals surface area (Å²) < 4.78 is 2.25. The van der Waals surface area contributed by atoms with E-state index in [9.17, 15) is 0 Å². The Morgan fingerprint density at radius 3 is 2.90 bits per heavy atom. The van der Waals surface area contributed by atoms with E-state index in [0.717, 1.165) is 42.4 Å². The molecule has 1 aliphatic heterocycles. The van der Waals surface area contributed by atoms with E-state index in [1.165, 1.54) is 5.69 Å². The van der Waals surface area contributed by atoms with Gasteiger partial charge in [-0.1, -0.05) is 32.6 Å². The topological polar surface area (TPSA) is 55.9 Å². The number of rotatable bonds is 2. The van der Waals surface area contributed by atoms with Crippen molar-refractivity contribution in [3.8, 4) is 11.4 Å². The fourth-order valence-electron chi connectivity index (χ4n) is 2.39. The molecule has 2 heterocycles. The highest BCUT2D eigenvalue weighted by atomic mass is 15.2. The molecular formula is C16H22N4. The van der Waals surface area contributed by atoms with E-state index >= 15 is 0 Å². The number of benzene rings is 1. The molecule has 3 rings (SSSR count). The van der Waals surface area contributed by atoms with Crippen LogP contribution in [0.15, 0.2) is 30.8 Å². The maximum atomic E-state index is 5.84. The fourth-order valence-corrected chi connectivity index (χ4v) is 2.39. The zero-order chi connectivity index (χ0) is 14.5. The summed E-state index contributed by atoms with van der Waals surface area (Å²) in [6.45, 7) is 10.6. The molecule has 4 heteroatoms. The molecule has 20 heavy (non-hydrogen) atoms. The van der Waals surface area contributed by atoms with Crippen LogP contribution in [0.1, 0.15) is 25.2 Å². The highest BCUT2D eigenvalue weighted by molar-refractivity contribution is 5.64. The van der Waals surface area contributed by atoms with Crippen LogP contribution < -0.4 is 11.1 Å². The van der Waals surface area contributed by atoms with Crippen LogP contribution in [0, 0.1) is 0 Å². The lowest BCUT2D eigenvalue weighted by molar-refractivity contribution is 0.519. The van der Waals surface area contributed by atoms with Crippen molar-refractivity contribution in [3.05, 3.63) is 42.2 Å². The second-order valence-electron chi connectivity index (χ2n) is 4.43. The standard InChI is InChI=1S/C14H16N4.C2H6/c1-2-12-13-9-16-6-7-18(13)14(17-12)10-4-3-5-11(15)8-10;1-2/h2-5,8,16H,1,6-7,9,15H2;1-2H3. The fraction of sp³-hybridized carbons (Fsp3) is 0.312. The predicted molar refractivity (Wildman–Crippen MR) is 85.2 cm³/mol. The molecule has 3 N–H and O–H groups in total. The number of nitrogens with zero attached hydrogens (tertiary/aromatic N) is 2. The van der Waals surface area contributed by atoms with Gasteiger partial charge in [-0.2, -0.15) is 0 Å². The predicted octanol–water partition coefficient (Wildman–Crippen LogP) is 2.90. The number of nitrogens with two attached hydrogens (primary N) is 1. The van der Waals surface area contributed by atoms with E-state index in [0.29, 0.717) is 0 Å². The summed E-state index contributed by atoms with van der Waals surface area (Å²) in [6, 6.07) is 7.85. The minimum Gasteiger partial charge on any atom is -0.399 e. The van der Waals surface area contributed by atoms with E-state index in [-0.39, 0.29) is 0 Å². The quantitative estimate of drug-likeness (QED) is 0.825. The Hall–Kier alpha value is -2.07. The number of aromatic nitrogens is 2. The average Bonchev–Trinajstić information content (AvgIpc) is 2.88. The summed E-state index contributed by atoms with van der Waals surface area (Å²) in [5.74, 6) is 0.980. The maximum absolute atomic E-state index is 5.84. The Morgan fingerprint density at radius 1 is 1.40 bits per heavy atom. The maximum Gasteiger partial charge on any atom is 0.141 e. The van der Waals surface area contributed by atoms with Gasteiger partial charge >= 0.3 is 0 Å². The van der Waals surface area contributed by atoms with Crippen LogP contribution in [0.25, 0.3) is 17.5 Å². The number of anilines is 1. The zero-order valence-corrected chi connectivity index (χ0v) is 12.2. The van der Waals surface area contributed by atoms with Crippen molar-refractivity contribution in [1.82, 2.24) is 14.9 Å².